The van der Waals surface area contributed by atoms with Crippen LogP contribution < -0.4 is 10.1 Å². The van der Waals surface area contributed by atoms with Gasteiger partial charge in [-0.3, -0.25) is 5.43 Å². The third-order valence-electron chi connectivity index (χ3n) is 2.65. The molecule has 98 valence electrons. The van der Waals surface area contributed by atoms with Crippen LogP contribution in [0.15, 0.2) is 35.2 Å². The maximum absolute atomic E-state index is 11.8. The molecule has 0 unspecified atom stereocenters. The number of benzene rings is 1. The minimum absolute atomic E-state index is 0.0709. The number of hydrogen-bond donors (Lipinski definition) is 2. The van der Waals surface area contributed by atoms with Crippen LogP contribution in [0.1, 0.15) is 12.8 Å². The number of nitrogens with one attached hydrogen (secondary N) is 2. The van der Waals surface area contributed by atoms with Gasteiger partial charge in [-0.1, -0.05) is 18.2 Å². The molecule has 0 saturated carbocycles. The highest BCUT2D eigenvalue weighted by atomic mass is 32.2. The van der Waals surface area contributed by atoms with E-state index in [9.17, 15) is 13.2 Å². The van der Waals surface area contributed by atoms with E-state index >= 15 is 0 Å². The van der Waals surface area contributed by atoms with E-state index in [2.05, 4.69) is 5.43 Å². The molecule has 0 bridgehead atoms. The molecular formula is C11H15N3O3S. The monoisotopic (exact) mass is 269 g/mol. The van der Waals surface area contributed by atoms with Crippen LogP contribution in [0.2, 0.25) is 0 Å². The minimum atomic E-state index is -3.79. The molecule has 1 fully saturated rings. The van der Waals surface area contributed by atoms with Crippen molar-refractivity contribution in [3.05, 3.63) is 30.3 Å². The zero-order valence-corrected chi connectivity index (χ0v) is 10.6. The van der Waals surface area contributed by atoms with Crippen LogP contribution in [0.3, 0.4) is 0 Å². The van der Waals surface area contributed by atoms with Crippen LogP contribution >= 0.6 is 0 Å². The van der Waals surface area contributed by atoms with Crippen LogP contribution in [0.25, 0.3) is 0 Å². The summed E-state index contributed by atoms with van der Waals surface area (Å²) in [5.74, 6) is 0. The second kappa shape index (κ2) is 5.36. The number of nitrogens with zero attached hydrogens (tertiary/aromatic N) is 1. The SMILES string of the molecule is O=C(NN1CCCC1)NS(=O)(=O)c1ccccc1. The van der Waals surface area contributed by atoms with E-state index in [1.807, 2.05) is 4.72 Å². The van der Waals surface area contributed by atoms with Gasteiger partial charge in [-0.25, -0.2) is 22.9 Å². The largest absolute Gasteiger partial charge is 0.343 e. The molecule has 18 heavy (non-hydrogen) atoms. The van der Waals surface area contributed by atoms with Gasteiger partial charge in [0.2, 0.25) is 0 Å². The predicted octanol–water partition coefficient (Wildman–Crippen LogP) is 0.685. The van der Waals surface area contributed by atoms with Crippen molar-refractivity contribution in [1.29, 1.82) is 0 Å². The molecule has 1 aliphatic heterocycles. The van der Waals surface area contributed by atoms with Gasteiger partial charge in [0, 0.05) is 13.1 Å². The van der Waals surface area contributed by atoms with Crippen molar-refractivity contribution in [2.45, 2.75) is 17.7 Å². The fourth-order valence-corrected chi connectivity index (χ4v) is 2.70. The molecule has 1 saturated heterocycles. The number of carbonyl (C=O) groups is 1. The molecular weight excluding hydrogens is 254 g/mol. The van der Waals surface area contributed by atoms with Gasteiger partial charge in [-0.05, 0) is 25.0 Å². The van der Waals surface area contributed by atoms with E-state index in [1.165, 1.54) is 12.1 Å². The molecule has 0 aliphatic carbocycles. The molecule has 0 atom stereocenters. The van der Waals surface area contributed by atoms with Crippen molar-refractivity contribution < 1.29 is 13.2 Å². The van der Waals surface area contributed by atoms with Gasteiger partial charge >= 0.3 is 6.03 Å². The van der Waals surface area contributed by atoms with Gasteiger partial charge in [-0.15, -0.1) is 0 Å². The van der Waals surface area contributed by atoms with Crippen LogP contribution in [-0.2, 0) is 10.0 Å². The smallest absolute Gasteiger partial charge is 0.270 e. The number of rotatable bonds is 3. The lowest BCUT2D eigenvalue weighted by molar-refractivity contribution is 0.202. The molecule has 0 radical (unpaired) electrons. The third kappa shape index (κ3) is 3.21. The molecule has 7 heteroatoms. The lowest BCUT2D eigenvalue weighted by atomic mass is 10.4. The summed E-state index contributed by atoms with van der Waals surface area (Å²) in [6.45, 7) is 1.50. The first-order valence-electron chi connectivity index (χ1n) is 5.71. The van der Waals surface area contributed by atoms with E-state index in [1.54, 1.807) is 23.2 Å². The van der Waals surface area contributed by atoms with Crippen LogP contribution in [0.5, 0.6) is 0 Å². The molecule has 2 rings (SSSR count). The predicted molar refractivity (Wildman–Crippen MR) is 66.1 cm³/mol. The summed E-state index contributed by atoms with van der Waals surface area (Å²) in [6, 6.07) is 7.07. The minimum Gasteiger partial charge on any atom is -0.270 e. The Bertz CT molecular complexity index is 510. The molecule has 0 aromatic heterocycles. The normalized spacial score (nSPS) is 16.4. The zero-order valence-electron chi connectivity index (χ0n) is 9.80. The van der Waals surface area contributed by atoms with Gasteiger partial charge in [0.1, 0.15) is 0 Å². The van der Waals surface area contributed by atoms with Crippen LogP contribution in [0, 0.1) is 0 Å². The Morgan fingerprint density at radius 1 is 1.11 bits per heavy atom. The van der Waals surface area contributed by atoms with Gasteiger partial charge in [0.15, 0.2) is 0 Å². The molecule has 6 nitrogen and oxygen atoms in total. The topological polar surface area (TPSA) is 78.5 Å². The van der Waals surface area contributed by atoms with Crippen LogP contribution in [-0.4, -0.2) is 32.5 Å². The molecule has 0 spiro atoms. The molecule has 2 N–H and O–H groups in total. The van der Waals surface area contributed by atoms with Crippen molar-refractivity contribution in [2.75, 3.05) is 13.1 Å². The van der Waals surface area contributed by atoms with E-state index in [-0.39, 0.29) is 4.90 Å². The molecule has 1 aliphatic rings. The van der Waals surface area contributed by atoms with Gasteiger partial charge in [0.25, 0.3) is 10.0 Å². The summed E-state index contributed by atoms with van der Waals surface area (Å²) in [7, 11) is -3.79. The van der Waals surface area contributed by atoms with Crippen molar-refractivity contribution >= 4 is 16.1 Å². The van der Waals surface area contributed by atoms with Crippen molar-refractivity contribution in [1.82, 2.24) is 15.2 Å². The van der Waals surface area contributed by atoms with Gasteiger partial charge < -0.3 is 0 Å². The Hall–Kier alpha value is -1.60. The second-order valence-corrected chi connectivity index (χ2v) is 5.74. The Morgan fingerprint density at radius 2 is 1.72 bits per heavy atom. The third-order valence-corrected chi connectivity index (χ3v) is 3.99. The number of urea groups is 1. The standard InChI is InChI=1S/C11H15N3O3S/c15-11(12-14-8-4-5-9-14)13-18(16,17)10-6-2-1-3-7-10/h1-3,6-7H,4-5,8-9H2,(H2,12,13,15). The summed E-state index contributed by atoms with van der Waals surface area (Å²) >= 11 is 0. The van der Waals surface area contributed by atoms with Crippen molar-refractivity contribution in [3.8, 4) is 0 Å². The highest BCUT2D eigenvalue weighted by molar-refractivity contribution is 7.90. The van der Waals surface area contributed by atoms with E-state index in [0.29, 0.717) is 0 Å². The number of hydrazine groups is 1. The fraction of sp³-hybridized carbons (Fsp3) is 0.364. The maximum atomic E-state index is 11.8. The fourth-order valence-electron chi connectivity index (χ4n) is 1.78. The highest BCUT2D eigenvalue weighted by Crippen LogP contribution is 2.07. The lowest BCUT2D eigenvalue weighted by Gasteiger charge is -2.16. The molecule has 1 heterocycles. The Kier molecular flexibility index (Phi) is 3.83. The van der Waals surface area contributed by atoms with Gasteiger partial charge in [0.05, 0.1) is 4.90 Å². The number of sulfonamides is 1. The lowest BCUT2D eigenvalue weighted by Crippen LogP contribution is -2.47. The maximum Gasteiger partial charge on any atom is 0.343 e. The quantitative estimate of drug-likeness (QED) is 0.846. The van der Waals surface area contributed by atoms with Crippen molar-refractivity contribution in [2.24, 2.45) is 0 Å². The first-order valence-corrected chi connectivity index (χ1v) is 7.20. The number of hydrogen-bond acceptors (Lipinski definition) is 4. The van der Waals surface area contributed by atoms with Gasteiger partial charge in [-0.2, -0.15) is 0 Å². The van der Waals surface area contributed by atoms with Crippen molar-refractivity contribution in [3.63, 3.8) is 0 Å². The van der Waals surface area contributed by atoms with Crippen LogP contribution in [0.4, 0.5) is 4.79 Å². The highest BCUT2D eigenvalue weighted by Gasteiger charge is 2.19. The molecule has 1 aromatic carbocycles. The number of carbonyl (C=O) groups excluding carboxylic acids is 1. The average Bonchev–Trinajstić information content (AvgIpc) is 2.82. The summed E-state index contributed by atoms with van der Waals surface area (Å²) in [5.41, 5.74) is 2.51. The zero-order chi connectivity index (χ0) is 13.0. The molecule has 1 aromatic rings. The average molecular weight is 269 g/mol. The Labute approximate surface area is 106 Å². The summed E-state index contributed by atoms with van der Waals surface area (Å²) in [6.07, 6.45) is 2.01. The number of amides is 2. The second-order valence-electron chi connectivity index (χ2n) is 4.05. The summed E-state index contributed by atoms with van der Waals surface area (Å²) < 4.78 is 25.6. The first-order chi connectivity index (χ1) is 8.58. The van der Waals surface area contributed by atoms with E-state index in [4.69, 9.17) is 0 Å². The first kappa shape index (κ1) is 12.8. The van der Waals surface area contributed by atoms with E-state index in [0.717, 1.165) is 25.9 Å². The van der Waals surface area contributed by atoms with E-state index < -0.39 is 16.1 Å². The summed E-state index contributed by atoms with van der Waals surface area (Å²) in [5, 5.41) is 1.70. The molecule has 2 amide bonds. The Balaban J connectivity index is 1.98. The summed E-state index contributed by atoms with van der Waals surface area (Å²) in [4.78, 5) is 11.6. The Morgan fingerprint density at radius 3 is 2.33 bits per heavy atom.